The van der Waals surface area contributed by atoms with E-state index >= 15 is 0 Å². The van der Waals surface area contributed by atoms with Crippen molar-refractivity contribution in [2.75, 3.05) is 5.32 Å². The van der Waals surface area contributed by atoms with Crippen LogP contribution in [0, 0.1) is 0 Å². The molecule has 0 atom stereocenters. The van der Waals surface area contributed by atoms with Crippen molar-refractivity contribution in [2.24, 2.45) is 0 Å². The molecule has 0 fully saturated rings. The van der Waals surface area contributed by atoms with Crippen molar-refractivity contribution in [1.82, 2.24) is 0 Å². The van der Waals surface area contributed by atoms with Crippen molar-refractivity contribution in [3.05, 3.63) is 64.7 Å². The number of aryl methyl sites for hydroxylation is 1. The number of benzene rings is 2. The summed E-state index contributed by atoms with van der Waals surface area (Å²) < 4.78 is 0. The summed E-state index contributed by atoms with van der Waals surface area (Å²) in [5, 5.41) is 4.29. The fourth-order valence-corrected chi connectivity index (χ4v) is 2.21. The molecule has 0 aliphatic carbocycles. The molecule has 0 aliphatic rings. The molecular weight excluding hydrogens is 242 g/mol. The minimum atomic E-state index is 0.764. The number of hydrogen-bond acceptors (Lipinski definition) is 1. The summed E-state index contributed by atoms with van der Waals surface area (Å²) in [5.74, 6) is 0. The van der Waals surface area contributed by atoms with Crippen molar-refractivity contribution < 1.29 is 0 Å². The molecule has 0 heterocycles. The Bertz CT molecular complexity index is 508. The Morgan fingerprint density at radius 1 is 0.944 bits per heavy atom. The maximum atomic E-state index is 6.15. The number of hydrogen-bond donors (Lipinski definition) is 1. The summed E-state index contributed by atoms with van der Waals surface area (Å²) in [4.78, 5) is 0. The summed E-state index contributed by atoms with van der Waals surface area (Å²) in [6, 6.07) is 16.4. The second kappa shape index (κ2) is 6.46. The highest BCUT2D eigenvalue weighted by atomic mass is 35.5. The van der Waals surface area contributed by atoms with Crippen LogP contribution in [0.1, 0.15) is 24.5 Å². The van der Waals surface area contributed by atoms with Crippen molar-refractivity contribution in [3.63, 3.8) is 0 Å². The molecule has 2 rings (SSSR count). The van der Waals surface area contributed by atoms with Gasteiger partial charge in [0.2, 0.25) is 0 Å². The van der Waals surface area contributed by atoms with E-state index in [9.17, 15) is 0 Å². The van der Waals surface area contributed by atoms with E-state index in [4.69, 9.17) is 11.6 Å². The second-order valence-electron chi connectivity index (χ2n) is 4.35. The lowest BCUT2D eigenvalue weighted by Crippen LogP contribution is -2.02. The Hall–Kier alpha value is -1.47. The third-order valence-electron chi connectivity index (χ3n) is 2.96. The van der Waals surface area contributed by atoms with Gasteiger partial charge in [-0.25, -0.2) is 0 Å². The molecule has 0 amide bonds. The molecule has 0 saturated heterocycles. The monoisotopic (exact) mass is 259 g/mol. The summed E-state index contributed by atoms with van der Waals surface area (Å²) in [7, 11) is 0. The molecule has 0 bridgehead atoms. The molecular formula is C16H18ClN. The zero-order valence-corrected chi connectivity index (χ0v) is 11.4. The van der Waals surface area contributed by atoms with E-state index in [1.807, 2.05) is 18.2 Å². The lowest BCUT2D eigenvalue weighted by molar-refractivity contribution is 0.919. The van der Waals surface area contributed by atoms with Crippen molar-refractivity contribution in [1.29, 1.82) is 0 Å². The largest absolute Gasteiger partial charge is 0.381 e. The number of rotatable bonds is 5. The summed E-state index contributed by atoms with van der Waals surface area (Å²) in [5.41, 5.74) is 3.71. The first-order valence-electron chi connectivity index (χ1n) is 6.36. The van der Waals surface area contributed by atoms with E-state index in [1.165, 1.54) is 11.3 Å². The lowest BCUT2D eigenvalue weighted by Gasteiger charge is -2.12. The Kier molecular flexibility index (Phi) is 4.66. The standard InChI is InChI=1S/C16H18ClN/c1-2-7-13-8-4-6-11-16(13)18-12-14-9-3-5-10-15(14)17/h3-6,8-11,18H,2,7,12H2,1H3. The first-order valence-corrected chi connectivity index (χ1v) is 6.74. The number of anilines is 1. The van der Waals surface area contributed by atoms with Crippen molar-refractivity contribution in [3.8, 4) is 0 Å². The number of halogens is 1. The van der Waals surface area contributed by atoms with Gasteiger partial charge in [0.1, 0.15) is 0 Å². The number of para-hydroxylation sites is 1. The van der Waals surface area contributed by atoms with E-state index in [2.05, 4.69) is 42.6 Å². The summed E-state index contributed by atoms with van der Waals surface area (Å²) >= 11 is 6.15. The molecule has 1 nitrogen and oxygen atoms in total. The first-order chi connectivity index (χ1) is 8.81. The SMILES string of the molecule is CCCc1ccccc1NCc1ccccc1Cl. The highest BCUT2D eigenvalue weighted by Crippen LogP contribution is 2.20. The lowest BCUT2D eigenvalue weighted by atomic mass is 10.1. The third-order valence-corrected chi connectivity index (χ3v) is 3.33. The van der Waals surface area contributed by atoms with Crippen LogP contribution in [0.15, 0.2) is 48.5 Å². The van der Waals surface area contributed by atoms with Crippen molar-refractivity contribution in [2.45, 2.75) is 26.3 Å². The van der Waals surface area contributed by atoms with Crippen LogP contribution in [0.4, 0.5) is 5.69 Å². The molecule has 0 radical (unpaired) electrons. The fraction of sp³-hybridized carbons (Fsp3) is 0.250. The average molecular weight is 260 g/mol. The van der Waals surface area contributed by atoms with Gasteiger partial charge in [0, 0.05) is 17.3 Å². The van der Waals surface area contributed by atoms with Gasteiger partial charge in [-0.1, -0.05) is 61.3 Å². The van der Waals surface area contributed by atoms with E-state index in [0.717, 1.165) is 30.0 Å². The zero-order valence-electron chi connectivity index (χ0n) is 10.6. The van der Waals surface area contributed by atoms with E-state index in [-0.39, 0.29) is 0 Å². The molecule has 2 aromatic carbocycles. The molecule has 0 spiro atoms. The predicted octanol–water partition coefficient (Wildman–Crippen LogP) is 4.90. The van der Waals surface area contributed by atoms with Crippen LogP contribution in [0.25, 0.3) is 0 Å². The van der Waals surface area contributed by atoms with Crippen LogP contribution in [-0.4, -0.2) is 0 Å². The van der Waals surface area contributed by atoms with Crippen LogP contribution in [0.5, 0.6) is 0 Å². The molecule has 18 heavy (non-hydrogen) atoms. The first kappa shape index (κ1) is 13.0. The molecule has 0 saturated carbocycles. The van der Waals surface area contributed by atoms with E-state index in [1.54, 1.807) is 0 Å². The van der Waals surface area contributed by atoms with Crippen LogP contribution in [0.3, 0.4) is 0 Å². The van der Waals surface area contributed by atoms with Gasteiger partial charge in [-0.2, -0.15) is 0 Å². The zero-order chi connectivity index (χ0) is 12.8. The van der Waals surface area contributed by atoms with Crippen molar-refractivity contribution >= 4 is 17.3 Å². The molecule has 2 aromatic rings. The molecule has 2 heteroatoms. The Balaban J connectivity index is 2.08. The molecule has 1 N–H and O–H groups in total. The minimum absolute atomic E-state index is 0.764. The van der Waals surface area contributed by atoms with Gasteiger partial charge in [-0.3, -0.25) is 0 Å². The quantitative estimate of drug-likeness (QED) is 0.805. The van der Waals surface area contributed by atoms with E-state index < -0.39 is 0 Å². The molecule has 0 aliphatic heterocycles. The summed E-state index contributed by atoms with van der Waals surface area (Å²) in [6.45, 7) is 2.96. The minimum Gasteiger partial charge on any atom is -0.381 e. The van der Waals surface area contributed by atoms with Gasteiger partial charge in [0.15, 0.2) is 0 Å². The van der Waals surface area contributed by atoms with Gasteiger partial charge in [-0.05, 0) is 29.7 Å². The topological polar surface area (TPSA) is 12.0 Å². The fourth-order valence-electron chi connectivity index (χ4n) is 2.01. The van der Waals surface area contributed by atoms with Gasteiger partial charge in [0.05, 0.1) is 0 Å². The second-order valence-corrected chi connectivity index (χ2v) is 4.76. The van der Waals surface area contributed by atoms with Crippen LogP contribution in [-0.2, 0) is 13.0 Å². The Morgan fingerprint density at radius 3 is 2.33 bits per heavy atom. The average Bonchev–Trinajstić information content (AvgIpc) is 2.40. The Labute approximate surface area is 114 Å². The van der Waals surface area contributed by atoms with Crippen LogP contribution in [0.2, 0.25) is 5.02 Å². The van der Waals surface area contributed by atoms with Gasteiger partial charge >= 0.3 is 0 Å². The van der Waals surface area contributed by atoms with Gasteiger partial charge < -0.3 is 5.32 Å². The molecule has 0 unspecified atom stereocenters. The normalized spacial score (nSPS) is 10.3. The molecule has 0 aromatic heterocycles. The van der Waals surface area contributed by atoms with Gasteiger partial charge in [-0.15, -0.1) is 0 Å². The summed E-state index contributed by atoms with van der Waals surface area (Å²) in [6.07, 6.45) is 2.26. The van der Waals surface area contributed by atoms with E-state index in [0.29, 0.717) is 0 Å². The Morgan fingerprint density at radius 2 is 1.61 bits per heavy atom. The smallest absolute Gasteiger partial charge is 0.0455 e. The highest BCUT2D eigenvalue weighted by Gasteiger charge is 2.02. The number of nitrogens with one attached hydrogen (secondary N) is 1. The predicted molar refractivity (Wildman–Crippen MR) is 79.2 cm³/mol. The molecule has 94 valence electrons. The third kappa shape index (κ3) is 3.27. The maximum absolute atomic E-state index is 6.15. The van der Waals surface area contributed by atoms with Crippen LogP contribution < -0.4 is 5.32 Å². The highest BCUT2D eigenvalue weighted by molar-refractivity contribution is 6.31. The maximum Gasteiger partial charge on any atom is 0.0455 e. The van der Waals surface area contributed by atoms with Gasteiger partial charge in [0.25, 0.3) is 0 Å². The van der Waals surface area contributed by atoms with Crippen LogP contribution >= 0.6 is 11.6 Å².